The van der Waals surface area contributed by atoms with Crippen molar-refractivity contribution < 1.29 is 19.1 Å². The van der Waals surface area contributed by atoms with Gasteiger partial charge in [-0.2, -0.15) is 0 Å². The smallest absolute Gasteiger partial charge is 0.341 e. The molecule has 0 atom stereocenters. The molecule has 34 heavy (non-hydrogen) atoms. The van der Waals surface area contributed by atoms with E-state index >= 15 is 0 Å². The van der Waals surface area contributed by atoms with E-state index in [-0.39, 0.29) is 18.3 Å². The van der Waals surface area contributed by atoms with Crippen LogP contribution in [0.2, 0.25) is 0 Å². The van der Waals surface area contributed by atoms with Crippen molar-refractivity contribution in [3.63, 3.8) is 0 Å². The fourth-order valence-electron chi connectivity index (χ4n) is 3.52. The number of nitrogens with one attached hydrogen (secondary N) is 2. The van der Waals surface area contributed by atoms with E-state index in [0.717, 1.165) is 16.7 Å². The van der Waals surface area contributed by atoms with Gasteiger partial charge < -0.3 is 14.8 Å². The first-order chi connectivity index (χ1) is 16.3. The third kappa shape index (κ3) is 6.42. The summed E-state index contributed by atoms with van der Waals surface area (Å²) >= 11 is 6.62. The average molecular weight is 497 g/mol. The number of benzene rings is 2. The van der Waals surface area contributed by atoms with Gasteiger partial charge in [0, 0.05) is 10.9 Å². The number of aryl methyl sites for hydroxylation is 1. The number of thiocarbonyl (C=S) groups is 1. The Hall–Kier alpha value is -3.23. The molecule has 0 saturated heterocycles. The molecule has 2 aromatic carbocycles. The number of hydrogen-bond acceptors (Lipinski definition) is 6. The highest BCUT2D eigenvalue weighted by molar-refractivity contribution is 7.80. The SMILES string of the molecule is CCOC(=O)c1c(-c2ccccc2)csc1NC(=S)NC(=O)COc1ccc(C(C)C)c(C)c1. The molecule has 178 valence electrons. The molecule has 2 N–H and O–H groups in total. The van der Waals surface area contributed by atoms with E-state index in [0.29, 0.717) is 22.2 Å². The monoisotopic (exact) mass is 496 g/mol. The van der Waals surface area contributed by atoms with E-state index in [1.54, 1.807) is 6.92 Å². The van der Waals surface area contributed by atoms with Crippen molar-refractivity contribution in [3.05, 3.63) is 70.6 Å². The molecule has 3 aromatic rings. The summed E-state index contributed by atoms with van der Waals surface area (Å²) in [5, 5.41) is 8.00. The molecule has 6 nitrogen and oxygen atoms in total. The van der Waals surface area contributed by atoms with Crippen LogP contribution in [0.15, 0.2) is 53.9 Å². The van der Waals surface area contributed by atoms with Crippen molar-refractivity contribution in [2.24, 2.45) is 0 Å². The molecule has 0 unspecified atom stereocenters. The number of thiophene rings is 1. The molecule has 8 heteroatoms. The highest BCUT2D eigenvalue weighted by Gasteiger charge is 2.22. The first-order valence-electron chi connectivity index (χ1n) is 11.0. The summed E-state index contributed by atoms with van der Waals surface area (Å²) < 4.78 is 10.9. The molecule has 0 spiro atoms. The minimum atomic E-state index is -0.456. The fraction of sp³-hybridized carbons (Fsp3) is 0.269. The minimum Gasteiger partial charge on any atom is -0.484 e. The second-order valence-electron chi connectivity index (χ2n) is 7.90. The van der Waals surface area contributed by atoms with Gasteiger partial charge >= 0.3 is 5.97 Å². The predicted octanol–water partition coefficient (Wildman–Crippen LogP) is 5.92. The Kier molecular flexibility index (Phi) is 8.79. The Bertz CT molecular complexity index is 1170. The lowest BCUT2D eigenvalue weighted by Crippen LogP contribution is -2.37. The highest BCUT2D eigenvalue weighted by atomic mass is 32.1. The van der Waals surface area contributed by atoms with Crippen LogP contribution in [0.3, 0.4) is 0 Å². The Morgan fingerprint density at radius 2 is 1.85 bits per heavy atom. The predicted molar refractivity (Wildman–Crippen MR) is 141 cm³/mol. The van der Waals surface area contributed by atoms with Crippen LogP contribution in [0.5, 0.6) is 5.75 Å². The second kappa shape index (κ2) is 11.8. The first-order valence-corrected chi connectivity index (χ1v) is 12.3. The van der Waals surface area contributed by atoms with Crippen LogP contribution < -0.4 is 15.4 Å². The standard InChI is InChI=1S/C26H28N2O4S2/c1-5-31-25(30)23-21(18-9-7-6-8-10-18)15-34-24(23)28-26(33)27-22(29)14-32-19-11-12-20(16(2)3)17(4)13-19/h6-13,15-16H,5,14H2,1-4H3,(H2,27,28,29,33). The summed E-state index contributed by atoms with van der Waals surface area (Å²) in [6.45, 7) is 8.10. The highest BCUT2D eigenvalue weighted by Crippen LogP contribution is 2.36. The summed E-state index contributed by atoms with van der Waals surface area (Å²) in [5.41, 5.74) is 4.36. The second-order valence-corrected chi connectivity index (χ2v) is 9.19. The maximum Gasteiger partial charge on any atom is 0.341 e. The van der Waals surface area contributed by atoms with Gasteiger partial charge in [-0.1, -0.05) is 50.2 Å². The molecule has 0 aliphatic rings. The third-order valence-corrected chi connectivity index (χ3v) is 6.17. The molecule has 0 radical (unpaired) electrons. The van der Waals surface area contributed by atoms with E-state index < -0.39 is 11.9 Å². The van der Waals surface area contributed by atoms with E-state index in [4.69, 9.17) is 21.7 Å². The molecule has 0 fully saturated rings. The lowest BCUT2D eigenvalue weighted by molar-refractivity contribution is -0.121. The quantitative estimate of drug-likeness (QED) is 0.298. The number of hydrogen-bond donors (Lipinski definition) is 2. The van der Waals surface area contributed by atoms with Crippen molar-refractivity contribution in [1.82, 2.24) is 5.32 Å². The summed E-state index contributed by atoms with van der Waals surface area (Å²) in [6.07, 6.45) is 0. The maximum atomic E-state index is 12.7. The average Bonchev–Trinajstić information content (AvgIpc) is 3.21. The van der Waals surface area contributed by atoms with Gasteiger partial charge in [0.1, 0.15) is 16.3 Å². The van der Waals surface area contributed by atoms with Crippen LogP contribution in [0.25, 0.3) is 11.1 Å². The number of amides is 1. The fourth-order valence-corrected chi connectivity index (χ4v) is 4.76. The Balaban J connectivity index is 1.65. The van der Waals surface area contributed by atoms with Crippen molar-refractivity contribution in [2.45, 2.75) is 33.6 Å². The lowest BCUT2D eigenvalue weighted by Gasteiger charge is -2.13. The van der Waals surface area contributed by atoms with E-state index in [9.17, 15) is 9.59 Å². The van der Waals surface area contributed by atoms with E-state index in [2.05, 4.69) is 24.5 Å². The molecule has 0 bridgehead atoms. The lowest BCUT2D eigenvalue weighted by atomic mass is 9.98. The van der Waals surface area contributed by atoms with Gasteiger partial charge in [0.2, 0.25) is 0 Å². The van der Waals surface area contributed by atoms with Crippen LogP contribution in [0.4, 0.5) is 5.00 Å². The van der Waals surface area contributed by atoms with Crippen LogP contribution in [-0.4, -0.2) is 30.2 Å². The number of carbonyl (C=O) groups is 2. The molecular weight excluding hydrogens is 468 g/mol. The summed E-state index contributed by atoms with van der Waals surface area (Å²) in [6, 6.07) is 15.3. The van der Waals surface area contributed by atoms with Gasteiger partial charge in [-0.05, 0) is 60.8 Å². The van der Waals surface area contributed by atoms with Crippen molar-refractivity contribution in [3.8, 4) is 16.9 Å². The van der Waals surface area contributed by atoms with Crippen molar-refractivity contribution in [1.29, 1.82) is 0 Å². The Morgan fingerprint density at radius 3 is 2.50 bits per heavy atom. The molecule has 1 amide bonds. The zero-order chi connectivity index (χ0) is 24.7. The minimum absolute atomic E-state index is 0.0759. The van der Waals surface area contributed by atoms with Crippen LogP contribution >= 0.6 is 23.6 Å². The molecule has 0 saturated carbocycles. The van der Waals surface area contributed by atoms with Gasteiger partial charge in [0.15, 0.2) is 11.7 Å². The number of rotatable bonds is 8. The molecule has 0 aliphatic heterocycles. The topological polar surface area (TPSA) is 76.7 Å². The zero-order valence-electron chi connectivity index (χ0n) is 19.6. The third-order valence-electron chi connectivity index (χ3n) is 5.07. The van der Waals surface area contributed by atoms with Crippen LogP contribution in [0, 0.1) is 6.92 Å². The van der Waals surface area contributed by atoms with Gasteiger partial charge in [-0.25, -0.2) is 4.79 Å². The Labute approximate surface area is 209 Å². The van der Waals surface area contributed by atoms with Crippen molar-refractivity contribution >= 4 is 45.5 Å². The molecule has 0 aliphatic carbocycles. The largest absolute Gasteiger partial charge is 0.484 e. The van der Waals surface area contributed by atoms with Crippen LogP contribution in [-0.2, 0) is 9.53 Å². The summed E-state index contributed by atoms with van der Waals surface area (Å²) in [4.78, 5) is 25.0. The maximum absolute atomic E-state index is 12.7. The summed E-state index contributed by atoms with van der Waals surface area (Å²) in [7, 11) is 0. The van der Waals surface area contributed by atoms with E-state index in [1.807, 2.05) is 60.8 Å². The van der Waals surface area contributed by atoms with Crippen molar-refractivity contribution in [2.75, 3.05) is 18.5 Å². The first kappa shape index (κ1) is 25.4. The number of carbonyl (C=O) groups excluding carboxylic acids is 2. The number of esters is 1. The Morgan fingerprint density at radius 1 is 1.12 bits per heavy atom. The zero-order valence-corrected chi connectivity index (χ0v) is 21.3. The van der Waals surface area contributed by atoms with Gasteiger partial charge in [0.25, 0.3) is 5.91 Å². The normalized spacial score (nSPS) is 10.6. The summed E-state index contributed by atoms with van der Waals surface area (Å²) in [5.74, 6) is 0.176. The van der Waals surface area contributed by atoms with Gasteiger partial charge in [-0.3, -0.25) is 10.1 Å². The van der Waals surface area contributed by atoms with Gasteiger partial charge in [-0.15, -0.1) is 11.3 Å². The molecule has 1 aromatic heterocycles. The number of anilines is 1. The van der Waals surface area contributed by atoms with E-state index in [1.165, 1.54) is 16.9 Å². The number of ether oxygens (including phenoxy) is 2. The van der Waals surface area contributed by atoms with Crippen LogP contribution in [0.1, 0.15) is 48.2 Å². The molecular formula is C26H28N2O4S2. The molecule has 3 rings (SSSR count). The van der Waals surface area contributed by atoms with Gasteiger partial charge in [0.05, 0.1) is 6.61 Å². The molecule has 1 heterocycles.